The molecule has 0 spiro atoms. The molecule has 0 unspecified atom stereocenters. The Labute approximate surface area is 120 Å². The fraction of sp³-hybridized carbons (Fsp3) is 0.154. The standard InChI is InChI=1S/C13H13N7O/c1-9-16-17-18-20(9)11-5-3-4-10(8-11)15-13(21)12-6-7-14-19(12)2/h3-8H,1-2H3,(H,15,21). The Morgan fingerprint density at radius 3 is 2.81 bits per heavy atom. The van der Waals surface area contributed by atoms with Crippen molar-refractivity contribution in [3.05, 3.63) is 48.0 Å². The summed E-state index contributed by atoms with van der Waals surface area (Å²) >= 11 is 0. The third-order valence-electron chi connectivity index (χ3n) is 3.03. The van der Waals surface area contributed by atoms with Gasteiger partial charge in [0, 0.05) is 18.9 Å². The Balaban J connectivity index is 1.86. The van der Waals surface area contributed by atoms with Crippen LogP contribution in [-0.2, 0) is 7.05 Å². The molecule has 0 saturated carbocycles. The van der Waals surface area contributed by atoms with Gasteiger partial charge in [-0.2, -0.15) is 9.78 Å². The highest BCUT2D eigenvalue weighted by Crippen LogP contribution is 2.15. The number of nitrogens with zero attached hydrogens (tertiary/aromatic N) is 6. The molecule has 2 aromatic heterocycles. The van der Waals surface area contributed by atoms with E-state index in [1.54, 1.807) is 43.0 Å². The second-order valence-corrected chi connectivity index (χ2v) is 4.48. The first-order valence-corrected chi connectivity index (χ1v) is 6.30. The first-order chi connectivity index (χ1) is 10.1. The van der Waals surface area contributed by atoms with Crippen molar-refractivity contribution in [2.45, 2.75) is 6.92 Å². The number of aromatic nitrogens is 6. The predicted octanol–water partition coefficient (Wildman–Crippen LogP) is 0.957. The third kappa shape index (κ3) is 2.50. The van der Waals surface area contributed by atoms with Crippen LogP contribution in [0.25, 0.3) is 5.69 Å². The quantitative estimate of drug-likeness (QED) is 0.773. The van der Waals surface area contributed by atoms with Gasteiger partial charge >= 0.3 is 0 Å². The monoisotopic (exact) mass is 283 g/mol. The van der Waals surface area contributed by atoms with E-state index in [0.717, 1.165) is 5.69 Å². The molecule has 1 N–H and O–H groups in total. The molecule has 0 radical (unpaired) electrons. The lowest BCUT2D eigenvalue weighted by atomic mass is 10.2. The maximum absolute atomic E-state index is 12.1. The average molecular weight is 283 g/mol. The number of rotatable bonds is 3. The molecule has 3 rings (SSSR count). The summed E-state index contributed by atoms with van der Waals surface area (Å²) in [5.74, 6) is 0.450. The Hall–Kier alpha value is -3.03. The second kappa shape index (κ2) is 5.16. The lowest BCUT2D eigenvalue weighted by Gasteiger charge is -2.07. The minimum absolute atomic E-state index is 0.222. The summed E-state index contributed by atoms with van der Waals surface area (Å²) < 4.78 is 3.12. The van der Waals surface area contributed by atoms with Crippen LogP contribution in [0.1, 0.15) is 16.3 Å². The lowest BCUT2D eigenvalue weighted by Crippen LogP contribution is -2.16. The van der Waals surface area contributed by atoms with E-state index in [4.69, 9.17) is 0 Å². The van der Waals surface area contributed by atoms with Crippen molar-refractivity contribution >= 4 is 11.6 Å². The number of tetrazole rings is 1. The van der Waals surface area contributed by atoms with Crippen molar-refractivity contribution in [1.29, 1.82) is 0 Å². The molecule has 8 heteroatoms. The molecule has 0 atom stereocenters. The van der Waals surface area contributed by atoms with Gasteiger partial charge in [0.2, 0.25) is 0 Å². The molecule has 2 heterocycles. The number of hydrogen-bond acceptors (Lipinski definition) is 5. The van der Waals surface area contributed by atoms with Gasteiger partial charge in [-0.05, 0) is 41.6 Å². The van der Waals surface area contributed by atoms with E-state index in [2.05, 4.69) is 25.9 Å². The van der Waals surface area contributed by atoms with Crippen molar-refractivity contribution in [2.75, 3.05) is 5.32 Å². The molecule has 8 nitrogen and oxygen atoms in total. The summed E-state index contributed by atoms with van der Waals surface area (Å²) in [6.07, 6.45) is 1.58. The molecule has 3 aromatic rings. The minimum atomic E-state index is -0.222. The van der Waals surface area contributed by atoms with Gasteiger partial charge in [0.15, 0.2) is 5.82 Å². The summed E-state index contributed by atoms with van der Waals surface area (Å²) in [5, 5.41) is 18.1. The van der Waals surface area contributed by atoms with Crippen LogP contribution in [0.15, 0.2) is 36.5 Å². The number of aryl methyl sites for hydroxylation is 2. The molecule has 106 valence electrons. The summed E-state index contributed by atoms with van der Waals surface area (Å²) in [6, 6.07) is 8.96. The van der Waals surface area contributed by atoms with Crippen molar-refractivity contribution in [3.63, 3.8) is 0 Å². The van der Waals surface area contributed by atoms with E-state index in [0.29, 0.717) is 17.2 Å². The van der Waals surface area contributed by atoms with Crippen molar-refractivity contribution in [2.24, 2.45) is 7.05 Å². The zero-order valence-corrected chi connectivity index (χ0v) is 11.6. The highest BCUT2D eigenvalue weighted by molar-refractivity contribution is 6.03. The van der Waals surface area contributed by atoms with Crippen LogP contribution in [0.5, 0.6) is 0 Å². The van der Waals surface area contributed by atoms with Gasteiger partial charge in [0.25, 0.3) is 5.91 Å². The van der Waals surface area contributed by atoms with E-state index >= 15 is 0 Å². The predicted molar refractivity (Wildman–Crippen MR) is 75.1 cm³/mol. The first kappa shape index (κ1) is 13.0. The van der Waals surface area contributed by atoms with Gasteiger partial charge in [-0.15, -0.1) is 5.10 Å². The molecular formula is C13H13N7O. The maximum atomic E-state index is 12.1. The molecule has 0 fully saturated rings. The minimum Gasteiger partial charge on any atom is -0.321 e. The number of carbonyl (C=O) groups is 1. The third-order valence-corrected chi connectivity index (χ3v) is 3.03. The largest absolute Gasteiger partial charge is 0.321 e. The van der Waals surface area contributed by atoms with Crippen LogP contribution in [0.3, 0.4) is 0 Å². The van der Waals surface area contributed by atoms with Gasteiger partial charge in [-0.3, -0.25) is 9.48 Å². The van der Waals surface area contributed by atoms with E-state index in [-0.39, 0.29) is 5.91 Å². The highest BCUT2D eigenvalue weighted by atomic mass is 16.2. The van der Waals surface area contributed by atoms with Crippen LogP contribution in [0, 0.1) is 6.92 Å². The zero-order chi connectivity index (χ0) is 14.8. The van der Waals surface area contributed by atoms with Crippen molar-refractivity contribution in [3.8, 4) is 5.69 Å². The fourth-order valence-corrected chi connectivity index (χ4v) is 1.98. The first-order valence-electron chi connectivity index (χ1n) is 6.30. The second-order valence-electron chi connectivity index (χ2n) is 4.48. The Kier molecular flexibility index (Phi) is 3.19. The average Bonchev–Trinajstić information content (AvgIpc) is 3.07. The number of nitrogens with one attached hydrogen (secondary N) is 1. The molecule has 0 aliphatic rings. The number of hydrogen-bond donors (Lipinski definition) is 1. The number of carbonyl (C=O) groups excluding carboxylic acids is 1. The fourth-order valence-electron chi connectivity index (χ4n) is 1.98. The summed E-state index contributed by atoms with van der Waals surface area (Å²) in [7, 11) is 1.72. The Bertz CT molecular complexity index is 789. The highest BCUT2D eigenvalue weighted by Gasteiger charge is 2.11. The normalized spacial score (nSPS) is 10.6. The van der Waals surface area contributed by atoms with Crippen LogP contribution in [-0.4, -0.2) is 35.9 Å². The van der Waals surface area contributed by atoms with E-state index in [1.165, 1.54) is 4.68 Å². The van der Waals surface area contributed by atoms with Crippen LogP contribution in [0.2, 0.25) is 0 Å². The summed E-state index contributed by atoms with van der Waals surface area (Å²) in [6.45, 7) is 1.81. The number of amides is 1. The summed E-state index contributed by atoms with van der Waals surface area (Å²) in [5.41, 5.74) is 1.92. The van der Waals surface area contributed by atoms with E-state index in [1.807, 2.05) is 12.1 Å². The molecule has 21 heavy (non-hydrogen) atoms. The molecule has 0 aliphatic heterocycles. The van der Waals surface area contributed by atoms with Gasteiger partial charge in [0.1, 0.15) is 5.69 Å². The molecular weight excluding hydrogens is 270 g/mol. The van der Waals surface area contributed by atoms with Gasteiger partial charge in [-0.1, -0.05) is 6.07 Å². The topological polar surface area (TPSA) is 90.5 Å². The van der Waals surface area contributed by atoms with Crippen LogP contribution in [0.4, 0.5) is 5.69 Å². The van der Waals surface area contributed by atoms with E-state index < -0.39 is 0 Å². The Morgan fingerprint density at radius 1 is 1.29 bits per heavy atom. The van der Waals surface area contributed by atoms with Gasteiger partial charge < -0.3 is 5.32 Å². The van der Waals surface area contributed by atoms with Gasteiger partial charge in [0.05, 0.1) is 5.69 Å². The maximum Gasteiger partial charge on any atom is 0.273 e. The zero-order valence-electron chi connectivity index (χ0n) is 11.6. The molecule has 1 amide bonds. The van der Waals surface area contributed by atoms with Crippen LogP contribution < -0.4 is 5.32 Å². The smallest absolute Gasteiger partial charge is 0.273 e. The van der Waals surface area contributed by atoms with Crippen molar-refractivity contribution < 1.29 is 4.79 Å². The number of benzene rings is 1. The number of anilines is 1. The molecule has 0 aliphatic carbocycles. The van der Waals surface area contributed by atoms with Crippen LogP contribution >= 0.6 is 0 Å². The lowest BCUT2D eigenvalue weighted by molar-refractivity contribution is 0.101. The van der Waals surface area contributed by atoms with Crippen molar-refractivity contribution in [1.82, 2.24) is 30.0 Å². The Morgan fingerprint density at radius 2 is 2.14 bits per heavy atom. The molecule has 0 bridgehead atoms. The summed E-state index contributed by atoms with van der Waals surface area (Å²) in [4.78, 5) is 12.1. The van der Waals surface area contributed by atoms with E-state index in [9.17, 15) is 4.79 Å². The SMILES string of the molecule is Cc1nnnn1-c1cccc(NC(=O)c2ccnn2C)c1. The van der Waals surface area contributed by atoms with Gasteiger partial charge in [-0.25, -0.2) is 0 Å². The molecule has 0 saturated heterocycles. The molecule has 1 aromatic carbocycles.